The number of hydrogen-bond donors (Lipinski definition) is 1. The van der Waals surface area contributed by atoms with Gasteiger partial charge >= 0.3 is 0 Å². The number of hydrogen-bond acceptors (Lipinski definition) is 2. The second-order valence-electron chi connectivity index (χ2n) is 6.22. The minimum atomic E-state index is -0.241. The summed E-state index contributed by atoms with van der Waals surface area (Å²) in [5.41, 5.74) is 5.10. The van der Waals surface area contributed by atoms with Crippen molar-refractivity contribution < 1.29 is 4.79 Å². The number of carbonyl (C=O) groups excluding carboxylic acids is 1. The molecule has 3 aromatic rings. The lowest BCUT2D eigenvalue weighted by Gasteiger charge is -2.07. The summed E-state index contributed by atoms with van der Waals surface area (Å²) >= 11 is 0. The number of aromatic nitrogens is 2. The summed E-state index contributed by atoms with van der Waals surface area (Å²) in [7, 11) is 1.98. The van der Waals surface area contributed by atoms with Gasteiger partial charge in [0.2, 0.25) is 5.91 Å². The standard InChI is InChI=1S/C20H21N3O/c1-5-19(24)22-16-10-17-18(12-23(4)20(17)21-11-16)15-8-6-14(7-9-15)13(2)3/h5-13H,1H2,2-4H3,(H,22,24). The molecule has 0 saturated heterocycles. The van der Waals surface area contributed by atoms with Crippen LogP contribution in [0.2, 0.25) is 0 Å². The van der Waals surface area contributed by atoms with Gasteiger partial charge in [-0.3, -0.25) is 4.79 Å². The minimum Gasteiger partial charge on any atom is -0.335 e. The van der Waals surface area contributed by atoms with Gasteiger partial charge in [-0.1, -0.05) is 44.7 Å². The molecule has 0 saturated carbocycles. The van der Waals surface area contributed by atoms with Gasteiger partial charge in [0, 0.05) is 24.2 Å². The molecule has 0 spiro atoms. The van der Waals surface area contributed by atoms with E-state index in [-0.39, 0.29) is 5.91 Å². The van der Waals surface area contributed by atoms with E-state index in [4.69, 9.17) is 0 Å². The molecule has 2 aromatic heterocycles. The lowest BCUT2D eigenvalue weighted by molar-refractivity contribution is -0.111. The van der Waals surface area contributed by atoms with Gasteiger partial charge in [0.15, 0.2) is 0 Å². The van der Waals surface area contributed by atoms with Crippen molar-refractivity contribution in [2.45, 2.75) is 19.8 Å². The van der Waals surface area contributed by atoms with Crippen LogP contribution in [-0.2, 0) is 11.8 Å². The number of carbonyl (C=O) groups is 1. The third-order valence-electron chi connectivity index (χ3n) is 4.15. The highest BCUT2D eigenvalue weighted by molar-refractivity contribution is 6.01. The van der Waals surface area contributed by atoms with E-state index in [1.165, 1.54) is 11.6 Å². The van der Waals surface area contributed by atoms with Gasteiger partial charge in [0.05, 0.1) is 11.9 Å². The molecular formula is C20H21N3O. The van der Waals surface area contributed by atoms with Gasteiger partial charge in [-0.25, -0.2) is 4.98 Å². The van der Waals surface area contributed by atoms with Crippen LogP contribution in [0.15, 0.2) is 55.4 Å². The van der Waals surface area contributed by atoms with Crippen LogP contribution < -0.4 is 5.32 Å². The molecule has 1 amide bonds. The quantitative estimate of drug-likeness (QED) is 0.720. The first kappa shape index (κ1) is 16.0. The molecule has 3 rings (SSSR count). The van der Waals surface area contributed by atoms with Crippen molar-refractivity contribution in [2.75, 3.05) is 5.32 Å². The Morgan fingerprint density at radius 2 is 2.00 bits per heavy atom. The smallest absolute Gasteiger partial charge is 0.247 e. The van der Waals surface area contributed by atoms with E-state index in [0.717, 1.165) is 22.2 Å². The van der Waals surface area contributed by atoms with Crippen LogP contribution in [0.5, 0.6) is 0 Å². The van der Waals surface area contributed by atoms with E-state index in [0.29, 0.717) is 11.6 Å². The summed E-state index contributed by atoms with van der Waals surface area (Å²) in [6, 6.07) is 10.6. The Morgan fingerprint density at radius 1 is 1.29 bits per heavy atom. The van der Waals surface area contributed by atoms with Crippen LogP contribution in [0.4, 0.5) is 5.69 Å². The molecule has 0 aliphatic heterocycles. The molecule has 2 heterocycles. The highest BCUT2D eigenvalue weighted by atomic mass is 16.1. The SMILES string of the molecule is C=CC(=O)Nc1cnc2c(c1)c(-c1ccc(C(C)C)cc1)cn2C. The minimum absolute atomic E-state index is 0.241. The number of pyridine rings is 1. The fraction of sp³-hybridized carbons (Fsp3) is 0.200. The van der Waals surface area contributed by atoms with Crippen LogP contribution in [0.1, 0.15) is 25.3 Å². The molecule has 1 N–H and O–H groups in total. The zero-order chi connectivity index (χ0) is 17.3. The van der Waals surface area contributed by atoms with Gasteiger partial charge in [-0.2, -0.15) is 0 Å². The molecule has 24 heavy (non-hydrogen) atoms. The fourth-order valence-corrected chi connectivity index (χ4v) is 2.80. The molecule has 0 unspecified atom stereocenters. The Kier molecular flexibility index (Phi) is 4.21. The Hall–Kier alpha value is -2.88. The van der Waals surface area contributed by atoms with Gasteiger partial charge < -0.3 is 9.88 Å². The molecule has 1 aromatic carbocycles. The van der Waals surface area contributed by atoms with Crippen LogP contribution in [0, 0.1) is 0 Å². The summed E-state index contributed by atoms with van der Waals surface area (Å²) in [5, 5.41) is 3.78. The number of nitrogens with zero attached hydrogens (tertiary/aromatic N) is 2. The van der Waals surface area contributed by atoms with E-state index >= 15 is 0 Å². The Labute approximate surface area is 141 Å². The largest absolute Gasteiger partial charge is 0.335 e. The zero-order valence-electron chi connectivity index (χ0n) is 14.2. The zero-order valence-corrected chi connectivity index (χ0v) is 14.2. The van der Waals surface area contributed by atoms with Crippen LogP contribution in [-0.4, -0.2) is 15.5 Å². The summed E-state index contributed by atoms with van der Waals surface area (Å²) in [5.74, 6) is 0.267. The first-order valence-electron chi connectivity index (χ1n) is 7.98. The van der Waals surface area contributed by atoms with Crippen molar-refractivity contribution in [1.29, 1.82) is 0 Å². The number of rotatable bonds is 4. The lowest BCUT2D eigenvalue weighted by atomic mass is 9.99. The van der Waals surface area contributed by atoms with E-state index in [9.17, 15) is 4.79 Å². The van der Waals surface area contributed by atoms with E-state index in [1.54, 1.807) is 6.20 Å². The third-order valence-corrected chi connectivity index (χ3v) is 4.15. The van der Waals surface area contributed by atoms with Crippen molar-refractivity contribution in [3.8, 4) is 11.1 Å². The van der Waals surface area contributed by atoms with Gasteiger partial charge in [-0.05, 0) is 29.2 Å². The van der Waals surface area contributed by atoms with E-state index < -0.39 is 0 Å². The van der Waals surface area contributed by atoms with Crippen LogP contribution >= 0.6 is 0 Å². The maximum Gasteiger partial charge on any atom is 0.247 e. The maximum atomic E-state index is 11.5. The average Bonchev–Trinajstić information content (AvgIpc) is 2.91. The Bertz CT molecular complexity index is 905. The normalized spacial score (nSPS) is 11.0. The highest BCUT2D eigenvalue weighted by Crippen LogP contribution is 2.31. The lowest BCUT2D eigenvalue weighted by Crippen LogP contribution is -2.07. The van der Waals surface area contributed by atoms with Crippen LogP contribution in [0.3, 0.4) is 0 Å². The predicted octanol–water partition coefficient (Wildman–Crippen LogP) is 4.49. The molecule has 122 valence electrons. The van der Waals surface area contributed by atoms with E-state index in [1.807, 2.05) is 17.7 Å². The first-order chi connectivity index (χ1) is 11.5. The first-order valence-corrected chi connectivity index (χ1v) is 7.98. The van der Waals surface area contributed by atoms with Crippen molar-refractivity contribution in [3.63, 3.8) is 0 Å². The molecule has 0 aliphatic rings. The number of fused-ring (bicyclic) bond motifs is 1. The predicted molar refractivity (Wildman–Crippen MR) is 99.1 cm³/mol. The van der Waals surface area contributed by atoms with Crippen molar-refractivity contribution in [1.82, 2.24) is 9.55 Å². The summed E-state index contributed by atoms with van der Waals surface area (Å²) in [6.07, 6.45) is 4.98. The number of nitrogens with one attached hydrogen (secondary N) is 1. The second-order valence-corrected chi connectivity index (χ2v) is 6.22. The van der Waals surface area contributed by atoms with Gasteiger partial charge in [-0.15, -0.1) is 0 Å². The number of amides is 1. The molecule has 0 fully saturated rings. The topological polar surface area (TPSA) is 46.9 Å². The van der Waals surface area contributed by atoms with E-state index in [2.05, 4.69) is 61.2 Å². The molecular weight excluding hydrogens is 298 g/mol. The van der Waals surface area contributed by atoms with Crippen LogP contribution in [0.25, 0.3) is 22.2 Å². The molecule has 0 aliphatic carbocycles. The van der Waals surface area contributed by atoms with Gasteiger partial charge in [0.1, 0.15) is 5.65 Å². The van der Waals surface area contributed by atoms with Gasteiger partial charge in [0.25, 0.3) is 0 Å². The van der Waals surface area contributed by atoms with Crippen molar-refractivity contribution >= 4 is 22.6 Å². The monoisotopic (exact) mass is 319 g/mol. The second kappa shape index (κ2) is 6.32. The highest BCUT2D eigenvalue weighted by Gasteiger charge is 2.11. The average molecular weight is 319 g/mol. The maximum absolute atomic E-state index is 11.5. The molecule has 4 nitrogen and oxygen atoms in total. The summed E-state index contributed by atoms with van der Waals surface area (Å²) < 4.78 is 2.00. The number of aryl methyl sites for hydroxylation is 1. The molecule has 4 heteroatoms. The molecule has 0 radical (unpaired) electrons. The molecule has 0 bridgehead atoms. The van der Waals surface area contributed by atoms with Crippen molar-refractivity contribution in [3.05, 3.63) is 60.9 Å². The number of benzene rings is 1. The molecule has 0 atom stereocenters. The summed E-state index contributed by atoms with van der Waals surface area (Å²) in [4.78, 5) is 16.0. The Morgan fingerprint density at radius 3 is 2.62 bits per heavy atom. The number of anilines is 1. The van der Waals surface area contributed by atoms with Crippen molar-refractivity contribution in [2.24, 2.45) is 7.05 Å². The fourth-order valence-electron chi connectivity index (χ4n) is 2.80. The third kappa shape index (κ3) is 2.95. The summed E-state index contributed by atoms with van der Waals surface area (Å²) in [6.45, 7) is 7.85. The Balaban J connectivity index is 2.08.